The van der Waals surface area contributed by atoms with Gasteiger partial charge < -0.3 is 15.0 Å². The molecule has 1 rings (SSSR count). The van der Waals surface area contributed by atoms with Crippen molar-refractivity contribution >= 4 is 11.4 Å². The van der Waals surface area contributed by atoms with Gasteiger partial charge in [-0.3, -0.25) is 0 Å². The van der Waals surface area contributed by atoms with Gasteiger partial charge in [0, 0.05) is 38.6 Å². The van der Waals surface area contributed by atoms with E-state index < -0.39 is 12.8 Å². The van der Waals surface area contributed by atoms with Crippen molar-refractivity contribution < 1.29 is 17.9 Å². The van der Waals surface area contributed by atoms with Crippen LogP contribution < -0.4 is 10.2 Å². The van der Waals surface area contributed by atoms with Gasteiger partial charge in [0.1, 0.15) is 6.61 Å². The zero-order valence-electron chi connectivity index (χ0n) is 11.1. The fraction of sp³-hybridized carbons (Fsp3) is 0.538. The molecule has 0 heterocycles. The molecule has 108 valence electrons. The molecule has 0 unspecified atom stereocenters. The van der Waals surface area contributed by atoms with E-state index in [-0.39, 0.29) is 6.61 Å². The van der Waals surface area contributed by atoms with Gasteiger partial charge in [0.25, 0.3) is 0 Å². The molecule has 1 aromatic rings. The van der Waals surface area contributed by atoms with Crippen LogP contribution in [-0.4, -0.2) is 40.0 Å². The number of alkyl halides is 3. The summed E-state index contributed by atoms with van der Waals surface area (Å²) in [6.07, 6.45) is -3.71. The molecule has 3 nitrogen and oxygen atoms in total. The van der Waals surface area contributed by atoms with Gasteiger partial charge >= 0.3 is 6.18 Å². The Morgan fingerprint density at radius 3 is 2.32 bits per heavy atom. The first-order valence-corrected chi connectivity index (χ1v) is 6.04. The minimum Gasteiger partial charge on any atom is -0.385 e. The van der Waals surface area contributed by atoms with Crippen molar-refractivity contribution in [3.8, 4) is 0 Å². The van der Waals surface area contributed by atoms with Crippen molar-refractivity contribution in [1.82, 2.24) is 0 Å². The van der Waals surface area contributed by atoms with E-state index in [1.807, 2.05) is 43.3 Å². The van der Waals surface area contributed by atoms with Crippen LogP contribution in [0, 0.1) is 0 Å². The number of nitrogens with zero attached hydrogens (tertiary/aromatic N) is 1. The molecule has 0 aliphatic carbocycles. The SMILES string of the molecule is CN(C)c1ccc(NCCCOCC(F)(F)F)cc1. The second-order valence-corrected chi connectivity index (χ2v) is 4.39. The lowest BCUT2D eigenvalue weighted by Crippen LogP contribution is -2.18. The molecule has 0 saturated carbocycles. The fourth-order valence-corrected chi connectivity index (χ4v) is 1.47. The molecule has 19 heavy (non-hydrogen) atoms. The molecule has 0 radical (unpaired) electrons. The molecule has 0 aliphatic heterocycles. The zero-order valence-corrected chi connectivity index (χ0v) is 11.1. The average Bonchev–Trinajstić information content (AvgIpc) is 2.33. The molecular formula is C13H19F3N2O. The van der Waals surface area contributed by atoms with E-state index in [2.05, 4.69) is 10.1 Å². The van der Waals surface area contributed by atoms with Gasteiger partial charge in [-0.25, -0.2) is 0 Å². The van der Waals surface area contributed by atoms with Crippen molar-refractivity contribution in [1.29, 1.82) is 0 Å². The molecule has 0 saturated heterocycles. The highest BCUT2D eigenvalue weighted by molar-refractivity contribution is 5.54. The van der Waals surface area contributed by atoms with Crippen molar-refractivity contribution in [2.45, 2.75) is 12.6 Å². The van der Waals surface area contributed by atoms with Crippen molar-refractivity contribution in [2.75, 3.05) is 44.1 Å². The summed E-state index contributed by atoms with van der Waals surface area (Å²) >= 11 is 0. The van der Waals surface area contributed by atoms with Crippen LogP contribution >= 0.6 is 0 Å². The average molecular weight is 276 g/mol. The lowest BCUT2D eigenvalue weighted by atomic mass is 10.2. The minimum atomic E-state index is -4.24. The number of ether oxygens (including phenoxy) is 1. The number of halogens is 3. The Kier molecular flexibility index (Phi) is 5.95. The highest BCUT2D eigenvalue weighted by Gasteiger charge is 2.27. The lowest BCUT2D eigenvalue weighted by Gasteiger charge is -2.13. The maximum absolute atomic E-state index is 11.8. The molecule has 0 aromatic heterocycles. The van der Waals surface area contributed by atoms with Crippen LogP contribution in [-0.2, 0) is 4.74 Å². The number of anilines is 2. The molecular weight excluding hydrogens is 257 g/mol. The van der Waals surface area contributed by atoms with Crippen LogP contribution in [0.5, 0.6) is 0 Å². The number of rotatable bonds is 7. The summed E-state index contributed by atoms with van der Waals surface area (Å²) in [7, 11) is 3.92. The van der Waals surface area contributed by atoms with Crippen molar-refractivity contribution in [3.63, 3.8) is 0 Å². The Hall–Kier alpha value is -1.43. The Morgan fingerprint density at radius 2 is 1.79 bits per heavy atom. The third kappa shape index (κ3) is 6.91. The third-order valence-corrected chi connectivity index (χ3v) is 2.44. The third-order valence-electron chi connectivity index (χ3n) is 2.44. The van der Waals surface area contributed by atoms with Crippen LogP contribution in [0.3, 0.4) is 0 Å². The van der Waals surface area contributed by atoms with E-state index in [4.69, 9.17) is 0 Å². The Bertz CT molecular complexity index is 363. The minimum absolute atomic E-state index is 0.0995. The summed E-state index contributed by atoms with van der Waals surface area (Å²) in [5.74, 6) is 0. The van der Waals surface area contributed by atoms with Crippen molar-refractivity contribution in [2.24, 2.45) is 0 Å². The van der Waals surface area contributed by atoms with Crippen LogP contribution in [0.1, 0.15) is 6.42 Å². The topological polar surface area (TPSA) is 24.5 Å². The molecule has 1 N–H and O–H groups in total. The summed E-state index contributed by atoms with van der Waals surface area (Å²) in [5, 5.41) is 3.13. The van der Waals surface area contributed by atoms with E-state index >= 15 is 0 Å². The number of hydrogen-bond donors (Lipinski definition) is 1. The fourth-order valence-electron chi connectivity index (χ4n) is 1.47. The summed E-state index contributed by atoms with van der Waals surface area (Å²) < 4.78 is 39.9. The van der Waals surface area contributed by atoms with Crippen LogP contribution in [0.25, 0.3) is 0 Å². The first-order chi connectivity index (χ1) is 8.88. The Balaban J connectivity index is 2.16. The normalized spacial score (nSPS) is 11.4. The smallest absolute Gasteiger partial charge is 0.385 e. The van der Waals surface area contributed by atoms with E-state index in [0.717, 1.165) is 11.4 Å². The zero-order chi connectivity index (χ0) is 14.3. The first-order valence-electron chi connectivity index (χ1n) is 6.04. The summed E-state index contributed by atoms with van der Waals surface area (Å²) in [4.78, 5) is 1.99. The first kappa shape index (κ1) is 15.6. The second kappa shape index (κ2) is 7.23. The highest BCUT2D eigenvalue weighted by Crippen LogP contribution is 2.16. The Labute approximate surface area is 111 Å². The predicted octanol–water partition coefficient (Wildman–Crippen LogP) is 3.13. The van der Waals surface area contributed by atoms with E-state index in [9.17, 15) is 13.2 Å². The quantitative estimate of drug-likeness (QED) is 0.774. The molecule has 0 atom stereocenters. The standard InChI is InChI=1S/C13H19F3N2O/c1-18(2)12-6-4-11(5-7-12)17-8-3-9-19-10-13(14,15)16/h4-7,17H,3,8-10H2,1-2H3. The van der Waals surface area contributed by atoms with Gasteiger partial charge in [-0.15, -0.1) is 0 Å². The summed E-state index contributed by atoms with van der Waals surface area (Å²) in [6.45, 7) is -0.494. The molecule has 0 fully saturated rings. The maximum atomic E-state index is 11.8. The van der Waals surface area contributed by atoms with Gasteiger partial charge in [-0.2, -0.15) is 13.2 Å². The molecule has 0 spiro atoms. The molecule has 0 bridgehead atoms. The maximum Gasteiger partial charge on any atom is 0.411 e. The molecule has 6 heteroatoms. The number of benzene rings is 1. The number of nitrogens with one attached hydrogen (secondary N) is 1. The molecule has 1 aromatic carbocycles. The Morgan fingerprint density at radius 1 is 1.16 bits per heavy atom. The second-order valence-electron chi connectivity index (χ2n) is 4.39. The van der Waals surface area contributed by atoms with Gasteiger partial charge in [-0.05, 0) is 30.7 Å². The van der Waals surface area contributed by atoms with E-state index in [0.29, 0.717) is 13.0 Å². The molecule has 0 aliphatic rings. The van der Waals surface area contributed by atoms with Gasteiger partial charge in [0.2, 0.25) is 0 Å². The predicted molar refractivity (Wildman–Crippen MR) is 70.7 cm³/mol. The van der Waals surface area contributed by atoms with Crippen LogP contribution in [0.2, 0.25) is 0 Å². The highest BCUT2D eigenvalue weighted by atomic mass is 19.4. The van der Waals surface area contributed by atoms with Crippen molar-refractivity contribution in [3.05, 3.63) is 24.3 Å². The van der Waals surface area contributed by atoms with Gasteiger partial charge in [0.05, 0.1) is 0 Å². The molecule has 0 amide bonds. The number of hydrogen-bond acceptors (Lipinski definition) is 3. The summed E-state index contributed by atoms with van der Waals surface area (Å²) in [6, 6.07) is 7.82. The van der Waals surface area contributed by atoms with Gasteiger partial charge in [0.15, 0.2) is 0 Å². The monoisotopic (exact) mass is 276 g/mol. The van der Waals surface area contributed by atoms with E-state index in [1.165, 1.54) is 0 Å². The van der Waals surface area contributed by atoms with E-state index in [1.54, 1.807) is 0 Å². The van der Waals surface area contributed by atoms with Gasteiger partial charge in [-0.1, -0.05) is 0 Å². The summed E-state index contributed by atoms with van der Waals surface area (Å²) in [5.41, 5.74) is 2.04. The largest absolute Gasteiger partial charge is 0.411 e. The lowest BCUT2D eigenvalue weighted by molar-refractivity contribution is -0.173. The van der Waals surface area contributed by atoms with Crippen LogP contribution in [0.15, 0.2) is 24.3 Å². The van der Waals surface area contributed by atoms with Crippen LogP contribution in [0.4, 0.5) is 24.5 Å².